The van der Waals surface area contributed by atoms with Crippen LogP contribution in [-0.4, -0.2) is 4.98 Å². The molecule has 2 rings (SSSR count). The van der Waals surface area contributed by atoms with Crippen molar-refractivity contribution in [1.82, 2.24) is 4.98 Å². The average Bonchev–Trinajstić information content (AvgIpc) is 2.58. The van der Waals surface area contributed by atoms with Crippen LogP contribution in [-0.2, 0) is 5.41 Å². The number of rotatable bonds is 1. The van der Waals surface area contributed by atoms with E-state index in [-0.39, 0.29) is 11.5 Å². The lowest BCUT2D eigenvalue weighted by atomic mass is 9.98. The van der Waals surface area contributed by atoms with Crippen LogP contribution in [0.25, 0.3) is 10.2 Å². The molecule has 2 N–H and O–H groups in total. The minimum Gasteiger partial charge on any atom is -0.324 e. The van der Waals surface area contributed by atoms with Crippen molar-refractivity contribution >= 4 is 21.6 Å². The molecule has 1 heterocycles. The van der Waals surface area contributed by atoms with Crippen molar-refractivity contribution in [3.05, 3.63) is 28.8 Å². The van der Waals surface area contributed by atoms with Gasteiger partial charge in [-0.15, -0.1) is 11.3 Å². The van der Waals surface area contributed by atoms with E-state index in [2.05, 4.69) is 44.0 Å². The Labute approximate surface area is 101 Å². The van der Waals surface area contributed by atoms with Crippen molar-refractivity contribution in [1.29, 1.82) is 0 Å². The highest BCUT2D eigenvalue weighted by atomic mass is 32.1. The molecule has 0 aliphatic heterocycles. The maximum atomic E-state index is 5.88. The molecular formula is C13H18N2S. The first-order valence-corrected chi connectivity index (χ1v) is 6.36. The average molecular weight is 234 g/mol. The number of hydrogen-bond donors (Lipinski definition) is 1. The molecule has 0 fully saturated rings. The lowest BCUT2D eigenvalue weighted by Gasteiger charge is -2.13. The van der Waals surface area contributed by atoms with Gasteiger partial charge >= 0.3 is 0 Å². The topological polar surface area (TPSA) is 38.9 Å². The molecule has 86 valence electrons. The highest BCUT2D eigenvalue weighted by Gasteiger charge is 2.18. The summed E-state index contributed by atoms with van der Waals surface area (Å²) in [5, 5.41) is 1.18. The van der Waals surface area contributed by atoms with Gasteiger partial charge in [-0.05, 0) is 24.6 Å². The Morgan fingerprint density at radius 1 is 1.31 bits per heavy atom. The van der Waals surface area contributed by atoms with Gasteiger partial charge in [-0.3, -0.25) is 0 Å². The van der Waals surface area contributed by atoms with Gasteiger partial charge in [0, 0.05) is 11.5 Å². The van der Waals surface area contributed by atoms with Crippen LogP contribution in [0.4, 0.5) is 0 Å². The van der Waals surface area contributed by atoms with E-state index in [1.165, 1.54) is 15.3 Å². The third kappa shape index (κ3) is 2.11. The van der Waals surface area contributed by atoms with E-state index in [4.69, 9.17) is 5.73 Å². The van der Waals surface area contributed by atoms with E-state index < -0.39 is 0 Å². The standard InChI is InChI=1S/C13H18N2S/c1-8(14)9-5-6-10-11(7-9)16-12(15-10)13(2,3)4/h5-8H,14H2,1-4H3. The number of nitrogens with two attached hydrogens (primary N) is 1. The molecule has 0 aliphatic rings. The van der Waals surface area contributed by atoms with Gasteiger partial charge in [0.2, 0.25) is 0 Å². The van der Waals surface area contributed by atoms with Gasteiger partial charge in [0.25, 0.3) is 0 Å². The summed E-state index contributed by atoms with van der Waals surface area (Å²) in [6.45, 7) is 8.58. The molecule has 1 atom stereocenters. The fraction of sp³-hybridized carbons (Fsp3) is 0.462. The third-order valence-corrected chi connectivity index (χ3v) is 4.02. The number of nitrogens with zero attached hydrogens (tertiary/aromatic N) is 1. The number of fused-ring (bicyclic) bond motifs is 1. The second-order valence-corrected chi connectivity index (χ2v) is 6.32. The molecule has 1 aromatic carbocycles. The van der Waals surface area contributed by atoms with E-state index in [9.17, 15) is 0 Å². The predicted molar refractivity (Wildman–Crippen MR) is 70.9 cm³/mol. The van der Waals surface area contributed by atoms with Crippen LogP contribution in [0.2, 0.25) is 0 Å². The van der Waals surface area contributed by atoms with E-state index in [0.29, 0.717) is 0 Å². The predicted octanol–water partition coefficient (Wildman–Crippen LogP) is 3.61. The molecule has 0 amide bonds. The summed E-state index contributed by atoms with van der Waals surface area (Å²) in [4.78, 5) is 4.66. The zero-order valence-electron chi connectivity index (χ0n) is 10.2. The summed E-state index contributed by atoms with van der Waals surface area (Å²) in [5.74, 6) is 0. The zero-order chi connectivity index (χ0) is 11.9. The molecule has 2 nitrogen and oxygen atoms in total. The summed E-state index contributed by atoms with van der Waals surface area (Å²) in [6.07, 6.45) is 0. The quantitative estimate of drug-likeness (QED) is 0.818. The van der Waals surface area contributed by atoms with E-state index in [0.717, 1.165) is 5.52 Å². The summed E-state index contributed by atoms with van der Waals surface area (Å²) in [5.41, 5.74) is 8.26. The summed E-state index contributed by atoms with van der Waals surface area (Å²) in [6, 6.07) is 6.39. The van der Waals surface area contributed by atoms with Crippen molar-refractivity contribution in [2.24, 2.45) is 5.73 Å². The molecule has 16 heavy (non-hydrogen) atoms. The molecule has 2 aromatic rings. The molecule has 3 heteroatoms. The van der Waals surface area contributed by atoms with Gasteiger partial charge in [0.15, 0.2) is 0 Å². The van der Waals surface area contributed by atoms with Crippen LogP contribution in [0.3, 0.4) is 0 Å². The fourth-order valence-corrected chi connectivity index (χ4v) is 2.62. The number of benzene rings is 1. The number of hydrogen-bond acceptors (Lipinski definition) is 3. The zero-order valence-corrected chi connectivity index (χ0v) is 11.1. The molecule has 0 spiro atoms. The lowest BCUT2D eigenvalue weighted by Crippen LogP contribution is -2.09. The highest BCUT2D eigenvalue weighted by molar-refractivity contribution is 7.18. The van der Waals surface area contributed by atoms with Crippen LogP contribution in [0, 0.1) is 0 Å². The minimum absolute atomic E-state index is 0.0876. The fourth-order valence-electron chi connectivity index (χ4n) is 1.55. The van der Waals surface area contributed by atoms with Crippen molar-refractivity contribution in [3.63, 3.8) is 0 Å². The van der Waals surface area contributed by atoms with Crippen molar-refractivity contribution in [2.45, 2.75) is 39.2 Å². The molecule has 0 radical (unpaired) electrons. The highest BCUT2D eigenvalue weighted by Crippen LogP contribution is 2.32. The first kappa shape index (κ1) is 11.6. The Hall–Kier alpha value is -0.930. The smallest absolute Gasteiger partial charge is 0.0992 e. The van der Waals surface area contributed by atoms with Gasteiger partial charge in [-0.25, -0.2) is 4.98 Å². The van der Waals surface area contributed by atoms with Crippen molar-refractivity contribution in [2.75, 3.05) is 0 Å². The Morgan fingerprint density at radius 2 is 2.00 bits per heavy atom. The second-order valence-electron chi connectivity index (χ2n) is 5.28. The molecule has 0 saturated heterocycles. The Balaban J connectivity index is 2.54. The Bertz CT molecular complexity index is 506. The first-order chi connectivity index (χ1) is 7.38. The molecule has 0 aliphatic carbocycles. The third-order valence-electron chi connectivity index (χ3n) is 2.58. The van der Waals surface area contributed by atoms with Crippen molar-refractivity contribution in [3.8, 4) is 0 Å². The van der Waals surface area contributed by atoms with E-state index in [1.807, 2.05) is 6.92 Å². The van der Waals surface area contributed by atoms with Gasteiger partial charge in [0.1, 0.15) is 0 Å². The maximum Gasteiger partial charge on any atom is 0.0992 e. The second kappa shape index (κ2) is 3.82. The number of thiazole rings is 1. The van der Waals surface area contributed by atoms with Gasteiger partial charge < -0.3 is 5.73 Å². The van der Waals surface area contributed by atoms with Gasteiger partial charge in [0.05, 0.1) is 15.2 Å². The minimum atomic E-state index is 0.0876. The summed E-state index contributed by atoms with van der Waals surface area (Å²) in [7, 11) is 0. The molecule has 0 bridgehead atoms. The van der Waals surface area contributed by atoms with Crippen LogP contribution in [0.5, 0.6) is 0 Å². The summed E-state index contributed by atoms with van der Waals surface area (Å²) >= 11 is 1.77. The van der Waals surface area contributed by atoms with E-state index >= 15 is 0 Å². The largest absolute Gasteiger partial charge is 0.324 e. The normalized spacial score (nSPS) is 14.3. The summed E-state index contributed by atoms with van der Waals surface area (Å²) < 4.78 is 1.24. The van der Waals surface area contributed by atoms with Crippen LogP contribution in [0.15, 0.2) is 18.2 Å². The molecule has 1 aromatic heterocycles. The van der Waals surface area contributed by atoms with Gasteiger partial charge in [-0.2, -0.15) is 0 Å². The van der Waals surface area contributed by atoms with Gasteiger partial charge in [-0.1, -0.05) is 26.8 Å². The van der Waals surface area contributed by atoms with Crippen molar-refractivity contribution < 1.29 is 0 Å². The molecule has 1 unspecified atom stereocenters. The SMILES string of the molecule is CC(N)c1ccc2nc(C(C)(C)C)sc2c1. The van der Waals surface area contributed by atoms with E-state index in [1.54, 1.807) is 11.3 Å². The maximum absolute atomic E-state index is 5.88. The first-order valence-electron chi connectivity index (χ1n) is 5.54. The monoisotopic (exact) mass is 234 g/mol. The van der Waals surface area contributed by atoms with Crippen LogP contribution >= 0.6 is 11.3 Å². The Kier molecular flexibility index (Phi) is 2.76. The molecular weight excluding hydrogens is 216 g/mol. The van der Waals surface area contributed by atoms with Crippen LogP contribution in [0.1, 0.15) is 44.3 Å². The molecule has 0 saturated carbocycles. The van der Waals surface area contributed by atoms with Crippen LogP contribution < -0.4 is 5.73 Å². The number of aromatic nitrogens is 1. The Morgan fingerprint density at radius 3 is 2.56 bits per heavy atom. The lowest BCUT2D eigenvalue weighted by molar-refractivity contribution is 0.587.